The van der Waals surface area contributed by atoms with E-state index in [1.165, 1.54) is 19.3 Å². The van der Waals surface area contributed by atoms with E-state index in [1.807, 2.05) is 0 Å². The number of hydrogen-bond acceptors (Lipinski definition) is 4. The predicted octanol–water partition coefficient (Wildman–Crippen LogP) is 0.871. The molecule has 1 aromatic rings. The van der Waals surface area contributed by atoms with Crippen molar-refractivity contribution in [2.75, 3.05) is 6.54 Å². The number of carboxylic acid groups (broad SMARTS) is 1. The smallest absolute Gasteiger partial charge is 0.308 e. The second-order valence-corrected chi connectivity index (χ2v) is 5.16. The third kappa shape index (κ3) is 4.94. The van der Waals surface area contributed by atoms with Gasteiger partial charge in [-0.05, 0) is 18.1 Å². The normalized spacial score (nSPS) is 13.5. The quantitative estimate of drug-likeness (QED) is 0.692. The highest BCUT2D eigenvalue weighted by atomic mass is 16.4. The molecular formula is C14H20N2O5. The maximum atomic E-state index is 12.1. The van der Waals surface area contributed by atoms with Gasteiger partial charge in [-0.1, -0.05) is 20.8 Å². The van der Waals surface area contributed by atoms with E-state index < -0.39 is 29.7 Å². The molecule has 116 valence electrons. The molecule has 0 spiro atoms. The van der Waals surface area contributed by atoms with Crippen molar-refractivity contribution in [3.8, 4) is 0 Å². The minimum atomic E-state index is -0.990. The minimum absolute atomic E-state index is 0.00795. The number of carbonyl (C=O) groups is 3. The van der Waals surface area contributed by atoms with Crippen LogP contribution in [0, 0.1) is 11.8 Å². The Morgan fingerprint density at radius 2 is 1.95 bits per heavy atom. The zero-order valence-electron chi connectivity index (χ0n) is 12.3. The standard InChI is InChI=1S/C14H20N2O5/c1-8(2)11(13(18)15-7-9(3)14(19)20)16-12(17)10-5-4-6-21-10/h4-6,8-9,11H,7H2,1-3H3,(H,15,18)(H,16,17)(H,19,20). The molecule has 0 aliphatic rings. The number of rotatable bonds is 7. The first-order chi connectivity index (χ1) is 9.82. The van der Waals surface area contributed by atoms with Crippen molar-refractivity contribution < 1.29 is 23.9 Å². The van der Waals surface area contributed by atoms with Crippen LogP contribution in [-0.2, 0) is 9.59 Å². The maximum Gasteiger partial charge on any atom is 0.308 e. The van der Waals surface area contributed by atoms with E-state index >= 15 is 0 Å². The molecule has 0 aromatic carbocycles. The Hall–Kier alpha value is -2.31. The lowest BCUT2D eigenvalue weighted by Gasteiger charge is -2.21. The summed E-state index contributed by atoms with van der Waals surface area (Å²) < 4.78 is 4.96. The van der Waals surface area contributed by atoms with Gasteiger partial charge < -0.3 is 20.2 Å². The van der Waals surface area contributed by atoms with Gasteiger partial charge >= 0.3 is 5.97 Å². The first kappa shape index (κ1) is 16.7. The molecule has 0 saturated carbocycles. The largest absolute Gasteiger partial charge is 0.481 e. The molecule has 0 aliphatic heterocycles. The highest BCUT2D eigenvalue weighted by Gasteiger charge is 2.26. The third-order valence-electron chi connectivity index (χ3n) is 2.98. The van der Waals surface area contributed by atoms with Crippen molar-refractivity contribution in [2.24, 2.45) is 11.8 Å². The van der Waals surface area contributed by atoms with Gasteiger partial charge in [-0.3, -0.25) is 14.4 Å². The van der Waals surface area contributed by atoms with Crippen LogP contribution in [0.15, 0.2) is 22.8 Å². The molecule has 0 fully saturated rings. The van der Waals surface area contributed by atoms with Gasteiger partial charge in [0, 0.05) is 6.54 Å². The number of hydrogen-bond donors (Lipinski definition) is 3. The first-order valence-corrected chi connectivity index (χ1v) is 6.67. The van der Waals surface area contributed by atoms with Crippen molar-refractivity contribution in [2.45, 2.75) is 26.8 Å². The topological polar surface area (TPSA) is 109 Å². The molecule has 2 unspecified atom stereocenters. The van der Waals surface area contributed by atoms with Gasteiger partial charge in [0.05, 0.1) is 12.2 Å². The van der Waals surface area contributed by atoms with Crippen LogP contribution in [0.3, 0.4) is 0 Å². The third-order valence-corrected chi connectivity index (χ3v) is 2.98. The fourth-order valence-corrected chi connectivity index (χ4v) is 1.61. The summed E-state index contributed by atoms with van der Waals surface area (Å²) in [6.45, 7) is 5.07. The molecule has 2 atom stereocenters. The summed E-state index contributed by atoms with van der Waals surface area (Å²) in [7, 11) is 0. The molecule has 21 heavy (non-hydrogen) atoms. The Balaban J connectivity index is 2.62. The maximum absolute atomic E-state index is 12.1. The molecule has 7 nitrogen and oxygen atoms in total. The summed E-state index contributed by atoms with van der Waals surface area (Å²) in [6.07, 6.45) is 1.37. The number of furan rings is 1. The van der Waals surface area contributed by atoms with Gasteiger partial charge in [-0.25, -0.2) is 0 Å². The van der Waals surface area contributed by atoms with E-state index in [1.54, 1.807) is 19.9 Å². The molecule has 0 radical (unpaired) electrons. The van der Waals surface area contributed by atoms with Crippen LogP contribution < -0.4 is 10.6 Å². The highest BCUT2D eigenvalue weighted by molar-refractivity contribution is 5.95. The Morgan fingerprint density at radius 3 is 2.43 bits per heavy atom. The van der Waals surface area contributed by atoms with Crippen LogP contribution in [0.4, 0.5) is 0 Å². The molecule has 0 aliphatic carbocycles. The molecule has 3 N–H and O–H groups in total. The Morgan fingerprint density at radius 1 is 1.29 bits per heavy atom. The Kier molecular flexibility index (Phi) is 5.95. The van der Waals surface area contributed by atoms with E-state index in [0.29, 0.717) is 0 Å². The Labute approximate surface area is 122 Å². The number of carboxylic acids is 1. The lowest BCUT2D eigenvalue weighted by molar-refractivity contribution is -0.141. The number of aliphatic carboxylic acids is 1. The lowest BCUT2D eigenvalue weighted by atomic mass is 10.0. The molecule has 0 saturated heterocycles. The fourth-order valence-electron chi connectivity index (χ4n) is 1.61. The van der Waals surface area contributed by atoms with Crippen LogP contribution in [0.2, 0.25) is 0 Å². The average Bonchev–Trinajstić information content (AvgIpc) is 2.94. The molecule has 7 heteroatoms. The lowest BCUT2D eigenvalue weighted by Crippen LogP contribution is -2.50. The van der Waals surface area contributed by atoms with E-state index in [0.717, 1.165) is 0 Å². The molecule has 0 bridgehead atoms. The summed E-state index contributed by atoms with van der Waals surface area (Å²) in [4.78, 5) is 34.7. The van der Waals surface area contributed by atoms with Crippen molar-refractivity contribution in [3.05, 3.63) is 24.2 Å². The van der Waals surface area contributed by atoms with Crippen LogP contribution >= 0.6 is 0 Å². The number of nitrogens with one attached hydrogen (secondary N) is 2. The van der Waals surface area contributed by atoms with Gasteiger partial charge in [0.2, 0.25) is 5.91 Å². The van der Waals surface area contributed by atoms with E-state index in [-0.39, 0.29) is 18.2 Å². The van der Waals surface area contributed by atoms with Gasteiger partial charge in [0.1, 0.15) is 6.04 Å². The monoisotopic (exact) mass is 296 g/mol. The van der Waals surface area contributed by atoms with Gasteiger partial charge in [0.15, 0.2) is 5.76 Å². The molecule has 1 heterocycles. The SMILES string of the molecule is CC(CNC(=O)C(NC(=O)c1ccco1)C(C)C)C(=O)O. The zero-order chi connectivity index (χ0) is 16.0. The summed E-state index contributed by atoms with van der Waals surface area (Å²) in [5.41, 5.74) is 0. The molecular weight excluding hydrogens is 276 g/mol. The Bertz CT molecular complexity index is 495. The summed E-state index contributed by atoms with van der Waals surface area (Å²) >= 11 is 0. The number of carbonyl (C=O) groups excluding carboxylic acids is 2. The molecule has 2 amide bonds. The van der Waals surface area contributed by atoms with E-state index in [4.69, 9.17) is 9.52 Å². The van der Waals surface area contributed by atoms with Crippen molar-refractivity contribution in [3.63, 3.8) is 0 Å². The number of amides is 2. The second kappa shape index (κ2) is 7.47. The fraction of sp³-hybridized carbons (Fsp3) is 0.500. The van der Waals surface area contributed by atoms with Gasteiger partial charge in [-0.2, -0.15) is 0 Å². The predicted molar refractivity (Wildman–Crippen MR) is 74.6 cm³/mol. The van der Waals surface area contributed by atoms with E-state index in [2.05, 4.69) is 10.6 Å². The minimum Gasteiger partial charge on any atom is -0.481 e. The van der Waals surface area contributed by atoms with Crippen LogP contribution in [0.25, 0.3) is 0 Å². The highest BCUT2D eigenvalue weighted by Crippen LogP contribution is 2.06. The summed E-state index contributed by atoms with van der Waals surface area (Å²) in [6, 6.07) is 2.31. The molecule has 1 aromatic heterocycles. The van der Waals surface area contributed by atoms with Crippen LogP contribution in [-0.4, -0.2) is 35.5 Å². The van der Waals surface area contributed by atoms with Crippen LogP contribution in [0.5, 0.6) is 0 Å². The van der Waals surface area contributed by atoms with Crippen molar-refractivity contribution in [1.29, 1.82) is 0 Å². The average molecular weight is 296 g/mol. The van der Waals surface area contributed by atoms with Crippen molar-refractivity contribution >= 4 is 17.8 Å². The first-order valence-electron chi connectivity index (χ1n) is 6.67. The van der Waals surface area contributed by atoms with Crippen molar-refractivity contribution in [1.82, 2.24) is 10.6 Å². The molecule has 1 rings (SSSR count). The van der Waals surface area contributed by atoms with Gasteiger partial charge in [0.25, 0.3) is 5.91 Å². The second-order valence-electron chi connectivity index (χ2n) is 5.16. The summed E-state index contributed by atoms with van der Waals surface area (Å²) in [5.74, 6) is -2.62. The van der Waals surface area contributed by atoms with E-state index in [9.17, 15) is 14.4 Å². The van der Waals surface area contributed by atoms with Gasteiger partial charge in [-0.15, -0.1) is 0 Å². The zero-order valence-corrected chi connectivity index (χ0v) is 12.3. The van der Waals surface area contributed by atoms with Crippen LogP contribution in [0.1, 0.15) is 31.3 Å². The summed E-state index contributed by atoms with van der Waals surface area (Å²) in [5, 5.41) is 13.9.